The third-order valence-electron chi connectivity index (χ3n) is 4.37. The predicted molar refractivity (Wildman–Crippen MR) is 92.3 cm³/mol. The topological polar surface area (TPSA) is 61.4 Å². The summed E-state index contributed by atoms with van der Waals surface area (Å²) >= 11 is 0. The van der Waals surface area contributed by atoms with Gasteiger partial charge in [-0.2, -0.15) is 0 Å². The van der Waals surface area contributed by atoms with E-state index in [9.17, 15) is 9.59 Å². The lowest BCUT2D eigenvalue weighted by Crippen LogP contribution is -2.35. The van der Waals surface area contributed by atoms with E-state index in [4.69, 9.17) is 0 Å². The van der Waals surface area contributed by atoms with Crippen LogP contribution < -0.4 is 10.6 Å². The van der Waals surface area contributed by atoms with E-state index in [1.54, 1.807) is 7.05 Å². The molecule has 0 bridgehead atoms. The number of nitrogens with one attached hydrogen (secondary N) is 2. The Bertz CT molecular complexity index is 522. The molecule has 1 aliphatic rings. The molecule has 1 heterocycles. The van der Waals surface area contributed by atoms with Crippen molar-refractivity contribution in [1.29, 1.82) is 0 Å². The summed E-state index contributed by atoms with van der Waals surface area (Å²) in [4.78, 5) is 25.7. The van der Waals surface area contributed by atoms with Crippen LogP contribution in [0.1, 0.15) is 31.2 Å². The van der Waals surface area contributed by atoms with Gasteiger partial charge in [0.1, 0.15) is 0 Å². The van der Waals surface area contributed by atoms with Crippen LogP contribution in [-0.4, -0.2) is 43.4 Å². The van der Waals surface area contributed by atoms with Crippen molar-refractivity contribution in [2.24, 2.45) is 5.92 Å². The zero-order valence-electron chi connectivity index (χ0n) is 14.1. The molecule has 5 heteroatoms. The van der Waals surface area contributed by atoms with Gasteiger partial charge in [0.25, 0.3) is 0 Å². The summed E-state index contributed by atoms with van der Waals surface area (Å²) < 4.78 is 0. The zero-order valence-corrected chi connectivity index (χ0v) is 14.1. The molecule has 0 radical (unpaired) electrons. The molecule has 1 fully saturated rings. The van der Waals surface area contributed by atoms with Crippen LogP contribution in [0.4, 0.5) is 5.69 Å². The van der Waals surface area contributed by atoms with E-state index in [0.29, 0.717) is 12.3 Å². The summed E-state index contributed by atoms with van der Waals surface area (Å²) in [5, 5.41) is 6.15. The van der Waals surface area contributed by atoms with Crippen LogP contribution in [0.5, 0.6) is 0 Å². The zero-order chi connectivity index (χ0) is 16.7. The highest BCUT2D eigenvalue weighted by atomic mass is 16.2. The quantitative estimate of drug-likeness (QED) is 0.845. The minimum Gasteiger partial charge on any atom is -0.336 e. The van der Waals surface area contributed by atoms with Crippen LogP contribution in [0.2, 0.25) is 0 Å². The first-order chi connectivity index (χ1) is 11.0. The molecule has 2 N–H and O–H groups in total. The fourth-order valence-electron chi connectivity index (χ4n) is 2.83. The summed E-state index contributed by atoms with van der Waals surface area (Å²) in [5.74, 6) is 0.518. The van der Waals surface area contributed by atoms with Gasteiger partial charge >= 0.3 is 0 Å². The molecule has 2 rings (SSSR count). The minimum atomic E-state index is -0.161. The third kappa shape index (κ3) is 6.02. The van der Waals surface area contributed by atoms with Gasteiger partial charge in [-0.15, -0.1) is 0 Å². The average Bonchev–Trinajstić information content (AvgIpc) is 2.55. The van der Waals surface area contributed by atoms with Gasteiger partial charge in [-0.05, 0) is 57.3 Å². The standard InChI is InChI=1S/C18H27N3O2/c1-14-3-6-16(7-4-14)20-17(22)13-21(2)18(23)8-5-15-9-11-19-12-10-15/h3-4,6-7,15,19H,5,8-13H2,1-2H3,(H,20,22). The van der Waals surface area contributed by atoms with Crippen LogP contribution >= 0.6 is 0 Å². The molecule has 0 aliphatic carbocycles. The molecule has 0 atom stereocenters. The largest absolute Gasteiger partial charge is 0.336 e. The second-order valence-corrected chi connectivity index (χ2v) is 6.40. The predicted octanol–water partition coefficient (Wildman–Crippen LogP) is 2.17. The maximum absolute atomic E-state index is 12.1. The minimum absolute atomic E-state index is 0.0441. The summed E-state index contributed by atoms with van der Waals surface area (Å²) in [7, 11) is 1.69. The number of benzene rings is 1. The van der Waals surface area contributed by atoms with Gasteiger partial charge in [0.05, 0.1) is 6.54 Å². The van der Waals surface area contributed by atoms with Crippen LogP contribution in [0.3, 0.4) is 0 Å². The molecule has 5 nitrogen and oxygen atoms in total. The molecule has 0 aromatic heterocycles. The van der Waals surface area contributed by atoms with E-state index in [1.165, 1.54) is 4.90 Å². The number of aryl methyl sites for hydroxylation is 1. The number of anilines is 1. The number of carbonyl (C=O) groups excluding carboxylic acids is 2. The first kappa shape index (κ1) is 17.5. The monoisotopic (exact) mass is 317 g/mol. The lowest BCUT2D eigenvalue weighted by Gasteiger charge is -2.23. The molecular weight excluding hydrogens is 290 g/mol. The molecule has 0 unspecified atom stereocenters. The van der Waals surface area contributed by atoms with Gasteiger partial charge in [0.2, 0.25) is 11.8 Å². The SMILES string of the molecule is Cc1ccc(NC(=O)CN(C)C(=O)CCC2CCNCC2)cc1. The Morgan fingerprint density at radius 2 is 1.87 bits per heavy atom. The molecule has 2 amide bonds. The maximum Gasteiger partial charge on any atom is 0.243 e. The van der Waals surface area contributed by atoms with Crippen LogP contribution in [0.25, 0.3) is 0 Å². The fourth-order valence-corrected chi connectivity index (χ4v) is 2.83. The Balaban J connectivity index is 1.71. The number of amides is 2. The number of piperidine rings is 1. The van der Waals surface area contributed by atoms with Crippen LogP contribution in [0, 0.1) is 12.8 Å². The number of hydrogen-bond acceptors (Lipinski definition) is 3. The highest BCUT2D eigenvalue weighted by molar-refractivity contribution is 5.94. The van der Waals surface area contributed by atoms with Gasteiger partial charge in [0, 0.05) is 19.2 Å². The normalized spacial score (nSPS) is 15.2. The first-order valence-corrected chi connectivity index (χ1v) is 8.36. The maximum atomic E-state index is 12.1. The van der Waals surface area contributed by atoms with Crippen molar-refractivity contribution >= 4 is 17.5 Å². The van der Waals surface area contributed by atoms with Gasteiger partial charge < -0.3 is 15.5 Å². The molecule has 1 aromatic carbocycles. The molecule has 23 heavy (non-hydrogen) atoms. The van der Waals surface area contributed by atoms with Crippen molar-refractivity contribution in [2.75, 3.05) is 32.0 Å². The van der Waals surface area contributed by atoms with Gasteiger partial charge in [-0.25, -0.2) is 0 Å². The Kier molecular flexibility index (Phi) is 6.59. The number of nitrogens with zero attached hydrogens (tertiary/aromatic N) is 1. The lowest BCUT2D eigenvalue weighted by molar-refractivity contribution is -0.133. The third-order valence-corrected chi connectivity index (χ3v) is 4.37. The Labute approximate surface area is 138 Å². The Morgan fingerprint density at radius 1 is 1.22 bits per heavy atom. The van der Waals surface area contributed by atoms with Crippen molar-refractivity contribution in [3.63, 3.8) is 0 Å². The Hall–Kier alpha value is -1.88. The van der Waals surface area contributed by atoms with E-state index >= 15 is 0 Å². The number of carbonyl (C=O) groups is 2. The van der Waals surface area contributed by atoms with Crippen molar-refractivity contribution in [3.05, 3.63) is 29.8 Å². The molecule has 0 saturated carbocycles. The molecular formula is C18H27N3O2. The van der Waals surface area contributed by atoms with Gasteiger partial charge in [-0.1, -0.05) is 17.7 Å². The molecule has 1 aromatic rings. The smallest absolute Gasteiger partial charge is 0.243 e. The highest BCUT2D eigenvalue weighted by Crippen LogP contribution is 2.18. The molecule has 1 aliphatic heterocycles. The van der Waals surface area contributed by atoms with Crippen molar-refractivity contribution in [3.8, 4) is 0 Å². The summed E-state index contributed by atoms with van der Waals surface area (Å²) in [6, 6.07) is 7.63. The van der Waals surface area contributed by atoms with Crippen LogP contribution in [-0.2, 0) is 9.59 Å². The number of hydrogen-bond donors (Lipinski definition) is 2. The second kappa shape index (κ2) is 8.67. The average molecular weight is 317 g/mol. The number of rotatable bonds is 6. The second-order valence-electron chi connectivity index (χ2n) is 6.40. The van der Waals surface area contributed by atoms with E-state index in [0.717, 1.165) is 43.6 Å². The fraction of sp³-hybridized carbons (Fsp3) is 0.556. The van der Waals surface area contributed by atoms with Crippen molar-refractivity contribution in [2.45, 2.75) is 32.6 Å². The summed E-state index contributed by atoms with van der Waals surface area (Å²) in [5.41, 5.74) is 1.91. The van der Waals surface area contributed by atoms with Gasteiger partial charge in [0.15, 0.2) is 0 Å². The Morgan fingerprint density at radius 3 is 2.52 bits per heavy atom. The van der Waals surface area contributed by atoms with E-state index in [2.05, 4.69) is 10.6 Å². The van der Waals surface area contributed by atoms with Crippen LogP contribution in [0.15, 0.2) is 24.3 Å². The first-order valence-electron chi connectivity index (χ1n) is 8.36. The number of likely N-dealkylation sites (N-methyl/N-ethyl adjacent to an activating group) is 1. The van der Waals surface area contributed by atoms with E-state index in [1.807, 2.05) is 31.2 Å². The highest BCUT2D eigenvalue weighted by Gasteiger charge is 2.17. The molecule has 126 valence electrons. The molecule has 1 saturated heterocycles. The summed E-state index contributed by atoms with van der Waals surface area (Å²) in [6.45, 7) is 4.20. The van der Waals surface area contributed by atoms with E-state index in [-0.39, 0.29) is 18.4 Å². The molecule has 0 spiro atoms. The summed E-state index contributed by atoms with van der Waals surface area (Å²) in [6.07, 6.45) is 3.74. The van der Waals surface area contributed by atoms with Crippen molar-refractivity contribution in [1.82, 2.24) is 10.2 Å². The van der Waals surface area contributed by atoms with E-state index < -0.39 is 0 Å². The van der Waals surface area contributed by atoms with Gasteiger partial charge in [-0.3, -0.25) is 9.59 Å². The lowest BCUT2D eigenvalue weighted by atomic mass is 9.93. The van der Waals surface area contributed by atoms with Crippen molar-refractivity contribution < 1.29 is 9.59 Å².